The minimum atomic E-state index is -4.10. The summed E-state index contributed by atoms with van der Waals surface area (Å²) in [6.07, 6.45) is -0.403. The number of rotatable bonds is 8. The van der Waals surface area contributed by atoms with Crippen molar-refractivity contribution in [3.8, 4) is 0 Å². The lowest BCUT2D eigenvalue weighted by Crippen LogP contribution is -2.43. The van der Waals surface area contributed by atoms with Crippen molar-refractivity contribution in [2.24, 2.45) is 0 Å². The molecule has 1 aliphatic rings. The SMILES string of the molecule is C=S(=O)(c1ccc(Cl)cc1)[C@]1(c2cc(F)ccc2F)CC[C@H](OS(=O)(=O)NCCO)CC1. The monoisotopic (exact) mass is 507 g/mol. The Hall–Kier alpha value is -1.56. The van der Waals surface area contributed by atoms with Gasteiger partial charge >= 0.3 is 10.3 Å². The van der Waals surface area contributed by atoms with Crippen LogP contribution in [0.15, 0.2) is 47.4 Å². The lowest BCUT2D eigenvalue weighted by Gasteiger charge is -2.42. The highest BCUT2D eigenvalue weighted by Gasteiger charge is 2.47. The van der Waals surface area contributed by atoms with Crippen molar-refractivity contribution in [1.82, 2.24) is 4.72 Å². The molecule has 1 atom stereocenters. The van der Waals surface area contributed by atoms with E-state index >= 15 is 0 Å². The Morgan fingerprint density at radius 1 is 1.12 bits per heavy atom. The van der Waals surface area contributed by atoms with Gasteiger partial charge in [-0.05, 0) is 74.0 Å². The van der Waals surface area contributed by atoms with Crippen LogP contribution in [0.1, 0.15) is 31.2 Å². The van der Waals surface area contributed by atoms with Crippen LogP contribution in [0.2, 0.25) is 5.02 Å². The number of hydrogen-bond acceptors (Lipinski definition) is 5. The molecule has 1 aliphatic carbocycles. The van der Waals surface area contributed by atoms with Gasteiger partial charge in [0.25, 0.3) is 0 Å². The van der Waals surface area contributed by atoms with E-state index in [-0.39, 0.29) is 44.4 Å². The van der Waals surface area contributed by atoms with E-state index < -0.39 is 42.3 Å². The molecule has 0 aliphatic heterocycles. The highest BCUT2D eigenvalue weighted by molar-refractivity contribution is 8.01. The standard InChI is InChI=1S/C21H24ClF2NO5S2/c1-31(27,18-5-2-15(22)3-6-18)21(19-14-16(23)4-7-20(19)24)10-8-17(9-11-21)30-32(28,29)25-12-13-26/h2-7,14,17,25-26H,1,8-13H2/t17-,21+,31?. The Balaban J connectivity index is 1.99. The molecule has 11 heteroatoms. The van der Waals surface area contributed by atoms with Gasteiger partial charge < -0.3 is 5.11 Å². The van der Waals surface area contributed by atoms with Crippen LogP contribution in [-0.4, -0.2) is 42.9 Å². The molecule has 6 nitrogen and oxygen atoms in total. The smallest absolute Gasteiger partial charge is 0.336 e. The number of hydrogen-bond donors (Lipinski definition) is 2. The van der Waals surface area contributed by atoms with Gasteiger partial charge in [0.1, 0.15) is 11.6 Å². The van der Waals surface area contributed by atoms with Gasteiger partial charge in [-0.25, -0.2) is 8.78 Å². The average molecular weight is 508 g/mol. The summed E-state index contributed by atoms with van der Waals surface area (Å²) in [6.45, 7) is -0.587. The molecule has 0 spiro atoms. The largest absolute Gasteiger partial charge is 0.395 e. The van der Waals surface area contributed by atoms with Crippen molar-refractivity contribution in [3.63, 3.8) is 0 Å². The quantitative estimate of drug-likeness (QED) is 0.534. The van der Waals surface area contributed by atoms with Crippen molar-refractivity contribution in [1.29, 1.82) is 0 Å². The third kappa shape index (κ3) is 5.16. The fourth-order valence-electron chi connectivity index (χ4n) is 4.04. The van der Waals surface area contributed by atoms with E-state index in [4.69, 9.17) is 20.9 Å². The van der Waals surface area contributed by atoms with Gasteiger partial charge in [-0.1, -0.05) is 11.6 Å². The fraction of sp³-hybridized carbons (Fsp3) is 0.381. The van der Waals surface area contributed by atoms with Crippen LogP contribution < -0.4 is 4.72 Å². The van der Waals surface area contributed by atoms with E-state index in [9.17, 15) is 21.4 Å². The van der Waals surface area contributed by atoms with Crippen molar-refractivity contribution in [3.05, 3.63) is 64.7 Å². The molecule has 1 saturated carbocycles. The molecule has 0 heterocycles. The molecule has 2 N–H and O–H groups in total. The lowest BCUT2D eigenvalue weighted by atomic mass is 9.81. The van der Waals surface area contributed by atoms with Crippen LogP contribution in [0, 0.1) is 11.6 Å². The van der Waals surface area contributed by atoms with Crippen LogP contribution in [-0.2, 0) is 28.8 Å². The highest BCUT2D eigenvalue weighted by Crippen LogP contribution is 2.48. The minimum Gasteiger partial charge on any atom is -0.395 e. The van der Waals surface area contributed by atoms with Crippen molar-refractivity contribution in [2.75, 3.05) is 13.2 Å². The molecular formula is C21H24ClF2NO5S2. The normalized spacial score (nSPS) is 23.6. The first-order chi connectivity index (χ1) is 15.0. The molecule has 2 aromatic rings. The molecular weight excluding hydrogens is 484 g/mol. The zero-order chi connectivity index (χ0) is 23.6. The molecule has 1 fully saturated rings. The van der Waals surface area contributed by atoms with Gasteiger partial charge in [0.2, 0.25) is 0 Å². The molecule has 0 amide bonds. The molecule has 3 rings (SSSR count). The van der Waals surface area contributed by atoms with Gasteiger partial charge in [0, 0.05) is 31.5 Å². The zero-order valence-corrected chi connectivity index (χ0v) is 19.5. The first-order valence-electron chi connectivity index (χ1n) is 9.87. The molecule has 0 aromatic heterocycles. The average Bonchev–Trinajstić information content (AvgIpc) is 2.75. The Bertz CT molecular complexity index is 1160. The second-order valence-corrected chi connectivity index (χ2v) is 12.0. The first-order valence-corrected chi connectivity index (χ1v) is 13.4. The van der Waals surface area contributed by atoms with E-state index in [2.05, 4.69) is 10.6 Å². The van der Waals surface area contributed by atoms with Crippen molar-refractivity contribution < 1.29 is 30.7 Å². The predicted molar refractivity (Wildman–Crippen MR) is 120 cm³/mol. The Morgan fingerprint density at radius 2 is 1.75 bits per heavy atom. The molecule has 0 saturated heterocycles. The lowest BCUT2D eigenvalue weighted by molar-refractivity contribution is 0.141. The number of aliphatic hydroxyl groups excluding tert-OH is 1. The first kappa shape index (κ1) is 25.1. The van der Waals surface area contributed by atoms with E-state index in [1.807, 2.05) is 0 Å². The third-order valence-electron chi connectivity index (χ3n) is 5.64. The fourth-order valence-corrected chi connectivity index (χ4v) is 7.56. The maximum absolute atomic E-state index is 14.9. The maximum Gasteiger partial charge on any atom is 0.336 e. The summed E-state index contributed by atoms with van der Waals surface area (Å²) in [5.74, 6) is 2.56. The summed E-state index contributed by atoms with van der Waals surface area (Å²) in [5, 5.41) is 9.22. The summed E-state index contributed by atoms with van der Waals surface area (Å²) in [7, 11) is -7.33. The van der Waals surface area contributed by atoms with Gasteiger partial charge in [-0.3, -0.25) is 8.39 Å². The van der Waals surface area contributed by atoms with E-state index in [1.54, 1.807) is 24.3 Å². The number of nitrogens with one attached hydrogen (secondary N) is 1. The van der Waals surface area contributed by atoms with Crippen LogP contribution in [0.5, 0.6) is 0 Å². The second-order valence-electron chi connectivity index (χ2n) is 7.62. The second kappa shape index (κ2) is 9.74. The third-order valence-corrected chi connectivity index (χ3v) is 9.90. The van der Waals surface area contributed by atoms with Crippen LogP contribution in [0.3, 0.4) is 0 Å². The molecule has 32 heavy (non-hydrogen) atoms. The molecule has 1 unspecified atom stereocenters. The zero-order valence-electron chi connectivity index (χ0n) is 17.1. The molecule has 2 aromatic carbocycles. The summed E-state index contributed by atoms with van der Waals surface area (Å²) in [5.41, 5.74) is -0.0628. The number of aliphatic hydroxyl groups is 1. The van der Waals surface area contributed by atoms with Crippen LogP contribution in [0.25, 0.3) is 0 Å². The van der Waals surface area contributed by atoms with E-state index in [0.29, 0.717) is 9.92 Å². The summed E-state index contributed by atoms with van der Waals surface area (Å²) >= 11 is 5.94. The minimum absolute atomic E-state index is 0.0541. The van der Waals surface area contributed by atoms with Crippen molar-refractivity contribution in [2.45, 2.75) is 41.4 Å². The molecule has 0 bridgehead atoms. The van der Waals surface area contributed by atoms with Crippen LogP contribution in [0.4, 0.5) is 8.78 Å². The summed E-state index contributed by atoms with van der Waals surface area (Å²) < 4.78 is 73.0. The van der Waals surface area contributed by atoms with Gasteiger partial charge in [0.15, 0.2) is 0 Å². The van der Waals surface area contributed by atoms with Gasteiger partial charge in [-0.2, -0.15) is 13.1 Å². The van der Waals surface area contributed by atoms with Gasteiger partial charge in [0.05, 0.1) is 17.5 Å². The highest BCUT2D eigenvalue weighted by atomic mass is 35.5. The van der Waals surface area contributed by atoms with Crippen molar-refractivity contribution >= 4 is 37.3 Å². The Morgan fingerprint density at radius 3 is 2.34 bits per heavy atom. The molecule has 0 radical (unpaired) electrons. The Labute approximate surface area is 191 Å². The summed E-state index contributed by atoms with van der Waals surface area (Å²) in [6, 6.07) is 9.17. The van der Waals surface area contributed by atoms with Crippen LogP contribution >= 0.6 is 11.6 Å². The molecule has 176 valence electrons. The topological polar surface area (TPSA) is 92.7 Å². The number of halogens is 3. The van der Waals surface area contributed by atoms with E-state index in [1.165, 1.54) is 0 Å². The maximum atomic E-state index is 14.9. The van der Waals surface area contributed by atoms with Gasteiger partial charge in [-0.15, -0.1) is 0 Å². The Kier molecular flexibility index (Phi) is 7.63. The predicted octanol–water partition coefficient (Wildman–Crippen LogP) is 3.37. The van der Waals surface area contributed by atoms with E-state index in [0.717, 1.165) is 18.2 Å². The summed E-state index contributed by atoms with van der Waals surface area (Å²) in [4.78, 5) is 0.335. The number of benzene rings is 2.